The molecule has 1 atom stereocenters. The SMILES string of the molecule is [2H]C1([2H])C(CC(C=O)NC(=O)OC(C)(C)C)C([2H])([2H])C1([2H])[2H]. The molecule has 1 N–H and O–H groups in total. The second-order valence-electron chi connectivity index (χ2n) is 4.59. The third kappa shape index (κ3) is 4.64. The van der Waals surface area contributed by atoms with Crippen LogP contribution in [0.1, 0.15) is 54.5 Å². The van der Waals surface area contributed by atoms with Crippen molar-refractivity contribution >= 4 is 12.4 Å². The summed E-state index contributed by atoms with van der Waals surface area (Å²) in [6.07, 6.45) is -8.34. The van der Waals surface area contributed by atoms with Crippen LogP contribution >= 0.6 is 0 Å². The molecule has 1 saturated carbocycles. The minimum atomic E-state index is -2.65. The average molecular weight is 233 g/mol. The number of hydrogen-bond donors (Lipinski definition) is 1. The highest BCUT2D eigenvalue weighted by molar-refractivity contribution is 5.73. The van der Waals surface area contributed by atoms with Crippen LogP contribution in [0.5, 0.6) is 0 Å². The molecule has 0 aromatic rings. The molecule has 1 rings (SSSR count). The predicted molar refractivity (Wildman–Crippen MR) is 61.2 cm³/mol. The molecule has 0 spiro atoms. The summed E-state index contributed by atoms with van der Waals surface area (Å²) in [6.45, 7) is 4.92. The minimum Gasteiger partial charge on any atom is -0.444 e. The van der Waals surface area contributed by atoms with Crippen LogP contribution in [-0.2, 0) is 9.53 Å². The van der Waals surface area contributed by atoms with Crippen molar-refractivity contribution in [2.24, 2.45) is 5.92 Å². The first-order chi connectivity index (χ1) is 9.66. The lowest BCUT2D eigenvalue weighted by molar-refractivity contribution is -0.110. The Balaban J connectivity index is 2.76. The normalized spacial score (nSPS) is 33.4. The van der Waals surface area contributed by atoms with Crippen molar-refractivity contribution in [2.45, 2.75) is 58.0 Å². The van der Waals surface area contributed by atoms with Crippen LogP contribution in [0.15, 0.2) is 0 Å². The molecule has 4 heteroatoms. The fraction of sp³-hybridized carbons (Fsp3) is 0.833. The van der Waals surface area contributed by atoms with E-state index in [-0.39, 0.29) is 6.42 Å². The number of aldehydes is 1. The number of carbonyl (C=O) groups excluding carboxylic acids is 2. The first-order valence-corrected chi connectivity index (χ1v) is 5.11. The summed E-state index contributed by atoms with van der Waals surface area (Å²) < 4.78 is 50.6. The summed E-state index contributed by atoms with van der Waals surface area (Å²) in [5.41, 5.74) is -0.769. The van der Waals surface area contributed by atoms with Gasteiger partial charge in [-0.3, -0.25) is 0 Å². The molecule has 0 radical (unpaired) electrons. The molecular formula is C12H21NO3. The molecule has 92 valence electrons. The van der Waals surface area contributed by atoms with Crippen molar-refractivity contribution in [1.82, 2.24) is 5.32 Å². The first kappa shape index (κ1) is 6.62. The maximum Gasteiger partial charge on any atom is 0.408 e. The summed E-state index contributed by atoms with van der Waals surface area (Å²) in [4.78, 5) is 22.7. The van der Waals surface area contributed by atoms with Gasteiger partial charge in [0.05, 0.1) is 6.04 Å². The summed E-state index contributed by atoms with van der Waals surface area (Å²) in [5.74, 6) is -1.35. The number of ether oxygens (including phenoxy) is 1. The van der Waals surface area contributed by atoms with Gasteiger partial charge < -0.3 is 14.8 Å². The molecule has 1 fully saturated rings. The fourth-order valence-electron chi connectivity index (χ4n) is 1.15. The Hall–Kier alpha value is -1.06. The number of nitrogens with one attached hydrogen (secondary N) is 1. The molecule has 0 aromatic carbocycles. The molecular weight excluding hydrogens is 206 g/mol. The van der Waals surface area contributed by atoms with Crippen molar-refractivity contribution < 1.29 is 22.6 Å². The van der Waals surface area contributed by atoms with Gasteiger partial charge in [-0.15, -0.1) is 0 Å². The predicted octanol–water partition coefficient (Wildman–Crippen LogP) is 2.27. The largest absolute Gasteiger partial charge is 0.444 e. The summed E-state index contributed by atoms with van der Waals surface area (Å²) >= 11 is 0. The Labute approximate surface area is 105 Å². The Morgan fingerprint density at radius 1 is 1.62 bits per heavy atom. The van der Waals surface area contributed by atoms with E-state index in [1.54, 1.807) is 20.8 Å². The van der Waals surface area contributed by atoms with Crippen LogP contribution in [0.25, 0.3) is 0 Å². The van der Waals surface area contributed by atoms with Crippen LogP contribution < -0.4 is 5.32 Å². The maximum absolute atomic E-state index is 11.6. The van der Waals surface area contributed by atoms with Gasteiger partial charge >= 0.3 is 6.09 Å². The van der Waals surface area contributed by atoms with E-state index >= 15 is 0 Å². The lowest BCUT2D eigenvalue weighted by atomic mass is 9.81. The highest BCUT2D eigenvalue weighted by atomic mass is 16.6. The van der Waals surface area contributed by atoms with Gasteiger partial charge in [-0.1, -0.05) is 19.1 Å². The zero-order valence-corrected chi connectivity index (χ0v) is 9.66. The minimum absolute atomic E-state index is 0.345. The monoisotopic (exact) mass is 233 g/mol. The third-order valence-corrected chi connectivity index (χ3v) is 1.85. The van der Waals surface area contributed by atoms with E-state index in [0.717, 1.165) is 0 Å². The van der Waals surface area contributed by atoms with Gasteiger partial charge in [-0.05, 0) is 33.1 Å². The summed E-state index contributed by atoms with van der Waals surface area (Å²) in [7, 11) is 0. The highest BCUT2D eigenvalue weighted by Gasteiger charge is 2.24. The van der Waals surface area contributed by atoms with Gasteiger partial charge in [0.15, 0.2) is 0 Å². The topological polar surface area (TPSA) is 55.4 Å². The molecule has 0 bridgehead atoms. The Morgan fingerprint density at radius 3 is 2.75 bits per heavy atom. The average Bonchev–Trinajstić information content (AvgIpc) is 2.30. The van der Waals surface area contributed by atoms with E-state index in [0.29, 0.717) is 6.29 Å². The van der Waals surface area contributed by atoms with E-state index < -0.39 is 42.8 Å². The molecule has 0 aromatic heterocycles. The van der Waals surface area contributed by atoms with Gasteiger partial charge in [0.2, 0.25) is 0 Å². The van der Waals surface area contributed by atoms with Crippen LogP contribution in [0.4, 0.5) is 4.79 Å². The van der Waals surface area contributed by atoms with Crippen LogP contribution in [0.2, 0.25) is 0 Å². The molecule has 1 aliphatic rings. The van der Waals surface area contributed by atoms with Crippen molar-refractivity contribution in [3.8, 4) is 0 Å². The highest BCUT2D eigenvalue weighted by Crippen LogP contribution is 2.30. The van der Waals surface area contributed by atoms with Crippen LogP contribution in [0.3, 0.4) is 0 Å². The molecule has 0 aliphatic heterocycles. The van der Waals surface area contributed by atoms with E-state index in [9.17, 15) is 9.59 Å². The second kappa shape index (κ2) is 5.32. The van der Waals surface area contributed by atoms with Crippen molar-refractivity contribution in [2.75, 3.05) is 0 Å². The van der Waals surface area contributed by atoms with E-state index in [1.165, 1.54) is 0 Å². The van der Waals surface area contributed by atoms with Gasteiger partial charge in [0.1, 0.15) is 11.9 Å². The number of alkyl carbamates (subject to hydrolysis) is 1. The van der Waals surface area contributed by atoms with Crippen LogP contribution in [0, 0.1) is 5.92 Å². The quantitative estimate of drug-likeness (QED) is 0.758. The van der Waals surface area contributed by atoms with Crippen LogP contribution in [-0.4, -0.2) is 24.0 Å². The molecule has 1 unspecified atom stereocenters. The fourth-order valence-corrected chi connectivity index (χ4v) is 1.15. The molecule has 0 heterocycles. The maximum atomic E-state index is 11.6. The van der Waals surface area contributed by atoms with Crippen molar-refractivity contribution in [1.29, 1.82) is 0 Å². The van der Waals surface area contributed by atoms with Crippen molar-refractivity contribution in [3.05, 3.63) is 0 Å². The third-order valence-electron chi connectivity index (χ3n) is 1.85. The summed E-state index contributed by atoms with van der Waals surface area (Å²) in [5, 5.41) is 2.24. The molecule has 0 saturated heterocycles. The second-order valence-corrected chi connectivity index (χ2v) is 4.59. The number of rotatable bonds is 4. The molecule has 1 aliphatic carbocycles. The molecule has 4 nitrogen and oxygen atoms in total. The molecule has 1 amide bonds. The summed E-state index contributed by atoms with van der Waals surface area (Å²) in [6, 6.07) is -1.15. The van der Waals surface area contributed by atoms with Gasteiger partial charge in [-0.2, -0.15) is 0 Å². The zero-order valence-electron chi connectivity index (χ0n) is 15.7. The van der Waals surface area contributed by atoms with Crippen molar-refractivity contribution in [3.63, 3.8) is 0 Å². The lowest BCUT2D eigenvalue weighted by Gasteiger charge is -2.28. The van der Waals surface area contributed by atoms with Gasteiger partial charge in [0.25, 0.3) is 0 Å². The number of carbonyl (C=O) groups is 2. The standard InChI is InChI=1S/C12H21NO3/c1-12(2,3)16-11(15)13-10(8-14)7-9-5-4-6-9/h8-10H,4-7H2,1-3H3,(H,13,15)/i4D2,5D2,6D2. The molecule has 16 heavy (non-hydrogen) atoms. The van der Waals surface area contributed by atoms with Gasteiger partial charge in [0, 0.05) is 8.22 Å². The van der Waals surface area contributed by atoms with E-state index in [4.69, 9.17) is 13.0 Å². The smallest absolute Gasteiger partial charge is 0.408 e. The Kier molecular flexibility index (Phi) is 2.20. The Morgan fingerprint density at radius 2 is 2.25 bits per heavy atom. The number of hydrogen-bond acceptors (Lipinski definition) is 3. The van der Waals surface area contributed by atoms with Gasteiger partial charge in [-0.25, -0.2) is 4.79 Å². The first-order valence-electron chi connectivity index (χ1n) is 8.11. The Bertz CT molecular complexity index is 442. The number of amides is 1. The zero-order chi connectivity index (χ0) is 17.6. The van der Waals surface area contributed by atoms with E-state index in [2.05, 4.69) is 5.32 Å². The van der Waals surface area contributed by atoms with E-state index in [1.807, 2.05) is 0 Å². The lowest BCUT2D eigenvalue weighted by Crippen LogP contribution is -2.41.